The molecule has 0 aliphatic heterocycles. The summed E-state index contributed by atoms with van der Waals surface area (Å²) in [5.74, 6) is -3.07. The van der Waals surface area contributed by atoms with E-state index in [0.717, 1.165) is 0 Å². The fraction of sp³-hybridized carbons (Fsp3) is 0.286. The number of nitrogens with zero attached hydrogens (tertiary/aromatic N) is 3. The van der Waals surface area contributed by atoms with Crippen molar-refractivity contribution >= 4 is 17.4 Å². The van der Waals surface area contributed by atoms with E-state index in [1.807, 2.05) is 0 Å². The zero-order valence-corrected chi connectivity index (χ0v) is 12.7. The van der Waals surface area contributed by atoms with Gasteiger partial charge in [0.15, 0.2) is 0 Å². The van der Waals surface area contributed by atoms with Crippen LogP contribution in [-0.2, 0) is 15.8 Å². The second-order valence-corrected chi connectivity index (χ2v) is 5.11. The molecule has 2 aromatic rings. The lowest BCUT2D eigenvalue weighted by Crippen LogP contribution is -2.32. The number of aromatic nitrogens is 2. The summed E-state index contributed by atoms with van der Waals surface area (Å²) in [5.41, 5.74) is 0.585. The van der Waals surface area contributed by atoms with Crippen LogP contribution in [0.3, 0.4) is 0 Å². The second kappa shape index (κ2) is 6.79. The number of anilines is 1. The van der Waals surface area contributed by atoms with Gasteiger partial charge in [-0.2, -0.15) is 18.2 Å². The molecule has 0 bridgehead atoms. The van der Waals surface area contributed by atoms with E-state index in [-0.39, 0.29) is 17.9 Å². The van der Waals surface area contributed by atoms with Crippen molar-refractivity contribution in [3.63, 3.8) is 0 Å². The lowest BCUT2D eigenvalue weighted by Gasteiger charge is -2.08. The third-order valence-electron chi connectivity index (χ3n) is 2.78. The first-order chi connectivity index (χ1) is 11.2. The Hall–Kier alpha value is -2.75. The van der Waals surface area contributed by atoms with E-state index in [1.54, 1.807) is 19.0 Å². The van der Waals surface area contributed by atoms with Crippen LogP contribution in [0.4, 0.5) is 18.9 Å². The van der Waals surface area contributed by atoms with Gasteiger partial charge in [-0.15, -0.1) is 0 Å². The number of benzene rings is 1. The van der Waals surface area contributed by atoms with Crippen molar-refractivity contribution in [2.75, 3.05) is 26.0 Å². The maximum atomic E-state index is 12.4. The van der Waals surface area contributed by atoms with Crippen molar-refractivity contribution in [1.82, 2.24) is 15.0 Å². The lowest BCUT2D eigenvalue weighted by atomic mass is 10.2. The molecule has 24 heavy (non-hydrogen) atoms. The topological polar surface area (TPSA) is 88.3 Å². The molecule has 0 aliphatic carbocycles. The predicted octanol–water partition coefficient (Wildman–Crippen LogP) is 1.82. The van der Waals surface area contributed by atoms with Gasteiger partial charge in [-0.25, -0.2) is 0 Å². The van der Waals surface area contributed by atoms with Gasteiger partial charge in [0.1, 0.15) is 0 Å². The lowest BCUT2D eigenvalue weighted by molar-refractivity contribution is -0.159. The van der Waals surface area contributed by atoms with E-state index < -0.39 is 23.8 Å². The van der Waals surface area contributed by atoms with Crippen LogP contribution in [0, 0.1) is 0 Å². The summed E-state index contributed by atoms with van der Waals surface area (Å²) in [7, 11) is 3.31. The number of halogens is 3. The first-order valence-corrected chi connectivity index (χ1v) is 6.67. The third-order valence-corrected chi connectivity index (χ3v) is 2.78. The first-order valence-electron chi connectivity index (χ1n) is 6.67. The number of rotatable bonds is 5. The fourth-order valence-electron chi connectivity index (χ4n) is 1.72. The molecule has 1 amide bonds. The van der Waals surface area contributed by atoms with Crippen molar-refractivity contribution in [1.29, 1.82) is 0 Å². The minimum atomic E-state index is -4.72. The number of likely N-dealkylation sites (N-methyl/N-ethyl adjacent to an activating group) is 1. The molecule has 128 valence electrons. The average Bonchev–Trinajstić information content (AvgIpc) is 2.97. The van der Waals surface area contributed by atoms with E-state index in [1.165, 1.54) is 24.3 Å². The summed E-state index contributed by atoms with van der Waals surface area (Å²) in [4.78, 5) is 28.0. The normalized spacial score (nSPS) is 11.6. The van der Waals surface area contributed by atoms with Crippen LogP contribution in [-0.4, -0.2) is 47.4 Å². The van der Waals surface area contributed by atoms with E-state index in [4.69, 9.17) is 0 Å². The maximum Gasteiger partial charge on any atom is 0.471 e. The van der Waals surface area contributed by atoms with Crippen molar-refractivity contribution < 1.29 is 27.3 Å². The molecule has 1 heterocycles. The van der Waals surface area contributed by atoms with Gasteiger partial charge < -0.3 is 14.7 Å². The Kier molecular flexibility index (Phi) is 4.98. The van der Waals surface area contributed by atoms with E-state index in [2.05, 4.69) is 20.0 Å². The quantitative estimate of drug-likeness (QED) is 0.834. The molecule has 0 aliphatic rings. The molecule has 7 nitrogen and oxygen atoms in total. The molecule has 0 unspecified atom stereocenters. The molecule has 0 radical (unpaired) electrons. The highest BCUT2D eigenvalue weighted by atomic mass is 19.4. The van der Waals surface area contributed by atoms with Crippen LogP contribution in [0.2, 0.25) is 0 Å². The maximum absolute atomic E-state index is 12.4. The number of carbonyl (C=O) groups is 2. The highest BCUT2D eigenvalue weighted by Crippen LogP contribution is 2.29. The molecule has 10 heteroatoms. The first kappa shape index (κ1) is 17.6. The molecule has 0 fully saturated rings. The third kappa shape index (κ3) is 4.38. The Bertz CT molecular complexity index is 738. The highest BCUT2D eigenvalue weighted by Gasteiger charge is 2.38. The number of ketones is 1. The molecule has 1 aromatic carbocycles. The van der Waals surface area contributed by atoms with Crippen LogP contribution >= 0.6 is 0 Å². The van der Waals surface area contributed by atoms with Gasteiger partial charge in [0.2, 0.25) is 11.6 Å². The molecule has 1 N–H and O–H groups in total. The number of carbonyl (C=O) groups excluding carboxylic acids is 2. The highest BCUT2D eigenvalue weighted by molar-refractivity contribution is 6.41. The molecule has 1 aromatic heterocycles. The number of hydrogen-bond donors (Lipinski definition) is 1. The van der Waals surface area contributed by atoms with Crippen molar-refractivity contribution in [2.24, 2.45) is 0 Å². The van der Waals surface area contributed by atoms with Crippen LogP contribution < -0.4 is 5.32 Å². The minimum absolute atomic E-state index is 0.0347. The summed E-state index contributed by atoms with van der Waals surface area (Å²) in [6, 6.07) is 5.63. The second-order valence-electron chi connectivity index (χ2n) is 5.11. The summed E-state index contributed by atoms with van der Waals surface area (Å²) >= 11 is 0. The fourth-order valence-corrected chi connectivity index (χ4v) is 1.72. The molecule has 0 atom stereocenters. The summed E-state index contributed by atoms with van der Waals surface area (Å²) in [6.45, 7) is -0.0347. The largest absolute Gasteiger partial charge is 0.471 e. The summed E-state index contributed by atoms with van der Waals surface area (Å²) in [6.07, 6.45) is -4.72. The SMILES string of the molecule is CN(C)CC(=O)C(=O)Nc1ccc(-c2noc(C(F)(F)F)n2)cc1. The van der Waals surface area contributed by atoms with Gasteiger partial charge in [-0.1, -0.05) is 5.16 Å². The molecular weight excluding hydrogens is 329 g/mol. The van der Waals surface area contributed by atoms with E-state index in [0.29, 0.717) is 5.69 Å². The standard InChI is InChI=1S/C14H13F3N4O3/c1-21(2)7-10(22)12(23)18-9-5-3-8(4-6-9)11-19-13(24-20-11)14(15,16)17/h3-6H,7H2,1-2H3,(H,18,23). The van der Waals surface area contributed by atoms with Crippen LogP contribution in [0.15, 0.2) is 28.8 Å². The summed E-state index contributed by atoms with van der Waals surface area (Å²) < 4.78 is 41.4. The summed E-state index contributed by atoms with van der Waals surface area (Å²) in [5, 5.41) is 5.65. The van der Waals surface area contributed by atoms with Crippen LogP contribution in [0.5, 0.6) is 0 Å². The number of alkyl halides is 3. The zero-order valence-electron chi connectivity index (χ0n) is 12.7. The van der Waals surface area contributed by atoms with Crippen LogP contribution in [0.1, 0.15) is 5.89 Å². The van der Waals surface area contributed by atoms with Crippen molar-refractivity contribution in [3.05, 3.63) is 30.2 Å². The van der Waals surface area contributed by atoms with Crippen molar-refractivity contribution in [3.8, 4) is 11.4 Å². The smallest absolute Gasteiger partial charge is 0.329 e. The van der Waals surface area contributed by atoms with Gasteiger partial charge in [0.25, 0.3) is 5.91 Å². The Labute approximate surface area is 134 Å². The Balaban J connectivity index is 2.07. The van der Waals surface area contributed by atoms with Crippen LogP contribution in [0.25, 0.3) is 11.4 Å². The van der Waals surface area contributed by atoms with Gasteiger partial charge >= 0.3 is 12.1 Å². The van der Waals surface area contributed by atoms with Gasteiger partial charge in [0, 0.05) is 11.3 Å². The minimum Gasteiger partial charge on any atom is -0.329 e. The van der Waals surface area contributed by atoms with Crippen molar-refractivity contribution in [2.45, 2.75) is 6.18 Å². The molecule has 0 saturated heterocycles. The number of hydrogen-bond acceptors (Lipinski definition) is 6. The Morgan fingerprint density at radius 3 is 2.33 bits per heavy atom. The monoisotopic (exact) mass is 342 g/mol. The molecular formula is C14H13F3N4O3. The Morgan fingerprint density at radius 2 is 1.83 bits per heavy atom. The number of Topliss-reactive ketones (excluding diaryl/α,β-unsaturated/α-hetero) is 1. The van der Waals surface area contributed by atoms with Gasteiger partial charge in [-0.05, 0) is 38.4 Å². The zero-order chi connectivity index (χ0) is 17.9. The van der Waals surface area contributed by atoms with E-state index >= 15 is 0 Å². The molecule has 0 saturated carbocycles. The average molecular weight is 342 g/mol. The van der Waals surface area contributed by atoms with Gasteiger partial charge in [-0.3, -0.25) is 9.59 Å². The Morgan fingerprint density at radius 1 is 1.21 bits per heavy atom. The predicted molar refractivity (Wildman–Crippen MR) is 76.9 cm³/mol. The van der Waals surface area contributed by atoms with Gasteiger partial charge in [0.05, 0.1) is 6.54 Å². The number of amides is 1. The number of nitrogens with one attached hydrogen (secondary N) is 1. The molecule has 0 spiro atoms. The van der Waals surface area contributed by atoms with E-state index in [9.17, 15) is 22.8 Å². The molecule has 2 rings (SSSR count).